The number of nitrogens with one attached hydrogen (secondary N) is 1. The molecule has 0 bridgehead atoms. The number of hydrogen-bond acceptors (Lipinski definition) is 2. The molecular formula is C22H25ClN2O2. The Balaban J connectivity index is 1.58. The Labute approximate surface area is 165 Å². The average Bonchev–Trinajstić information content (AvgIpc) is 2.65. The van der Waals surface area contributed by atoms with E-state index in [9.17, 15) is 9.59 Å². The van der Waals surface area contributed by atoms with E-state index in [0.717, 1.165) is 22.4 Å². The zero-order valence-corrected chi connectivity index (χ0v) is 16.8. The van der Waals surface area contributed by atoms with Crippen molar-refractivity contribution in [2.45, 2.75) is 33.6 Å². The molecule has 27 heavy (non-hydrogen) atoms. The van der Waals surface area contributed by atoms with Crippen LogP contribution in [0.15, 0.2) is 36.4 Å². The van der Waals surface area contributed by atoms with E-state index in [1.807, 2.05) is 56.0 Å². The molecule has 2 aromatic carbocycles. The number of halogens is 1. The van der Waals surface area contributed by atoms with Gasteiger partial charge in [0.25, 0.3) is 5.91 Å². The van der Waals surface area contributed by atoms with Gasteiger partial charge in [-0.15, -0.1) is 0 Å². The van der Waals surface area contributed by atoms with Gasteiger partial charge < -0.3 is 10.2 Å². The van der Waals surface area contributed by atoms with Gasteiger partial charge in [-0.3, -0.25) is 9.59 Å². The lowest BCUT2D eigenvalue weighted by Gasteiger charge is -2.31. The predicted octanol–water partition coefficient (Wildman–Crippen LogP) is 4.76. The van der Waals surface area contributed by atoms with Crippen molar-refractivity contribution in [2.75, 3.05) is 18.4 Å². The van der Waals surface area contributed by atoms with Gasteiger partial charge in [0.2, 0.25) is 5.91 Å². The molecule has 3 rings (SSSR count). The van der Waals surface area contributed by atoms with E-state index in [4.69, 9.17) is 11.6 Å². The summed E-state index contributed by atoms with van der Waals surface area (Å²) in [6.07, 6.45) is 1.35. The third kappa shape index (κ3) is 4.51. The first-order valence-electron chi connectivity index (χ1n) is 9.28. The number of rotatable bonds is 3. The van der Waals surface area contributed by atoms with Crippen molar-refractivity contribution in [3.8, 4) is 0 Å². The molecule has 0 radical (unpaired) electrons. The van der Waals surface area contributed by atoms with Crippen molar-refractivity contribution in [1.82, 2.24) is 4.90 Å². The standard InChI is InChI=1S/C22H25ClN2O2/c1-14-4-5-18(12-15(14)2)22(27)25-10-8-17(9-11-25)21(26)24-20-7-6-19(23)13-16(20)3/h4-7,12-13,17H,8-11H2,1-3H3,(H,24,26). The monoisotopic (exact) mass is 384 g/mol. The van der Waals surface area contributed by atoms with E-state index in [-0.39, 0.29) is 17.7 Å². The van der Waals surface area contributed by atoms with Crippen LogP contribution < -0.4 is 5.32 Å². The Morgan fingerprint density at radius 1 is 0.963 bits per heavy atom. The Kier molecular flexibility index (Phi) is 5.85. The van der Waals surface area contributed by atoms with Gasteiger partial charge in [-0.05, 0) is 80.6 Å². The number of piperidine rings is 1. The normalized spacial score (nSPS) is 14.9. The van der Waals surface area contributed by atoms with E-state index in [2.05, 4.69) is 5.32 Å². The summed E-state index contributed by atoms with van der Waals surface area (Å²) in [5.74, 6) is -0.0203. The number of amides is 2. The highest BCUT2D eigenvalue weighted by molar-refractivity contribution is 6.30. The number of carbonyl (C=O) groups excluding carboxylic acids is 2. The summed E-state index contributed by atoms with van der Waals surface area (Å²) < 4.78 is 0. The predicted molar refractivity (Wildman–Crippen MR) is 109 cm³/mol. The number of benzene rings is 2. The Hall–Kier alpha value is -2.33. The first-order valence-corrected chi connectivity index (χ1v) is 9.66. The van der Waals surface area contributed by atoms with Crippen molar-refractivity contribution >= 4 is 29.1 Å². The number of anilines is 1. The molecule has 4 nitrogen and oxygen atoms in total. The molecule has 5 heteroatoms. The highest BCUT2D eigenvalue weighted by Crippen LogP contribution is 2.24. The van der Waals surface area contributed by atoms with Crippen LogP contribution in [0.5, 0.6) is 0 Å². The van der Waals surface area contributed by atoms with Crippen LogP contribution in [-0.2, 0) is 4.79 Å². The van der Waals surface area contributed by atoms with Gasteiger partial charge in [0.05, 0.1) is 0 Å². The number of hydrogen-bond donors (Lipinski definition) is 1. The molecule has 0 aliphatic carbocycles. The summed E-state index contributed by atoms with van der Waals surface area (Å²) in [6, 6.07) is 11.2. The third-order valence-corrected chi connectivity index (χ3v) is 5.59. The van der Waals surface area contributed by atoms with Gasteiger partial charge in [-0.1, -0.05) is 17.7 Å². The lowest BCUT2D eigenvalue weighted by molar-refractivity contribution is -0.121. The maximum absolute atomic E-state index is 12.7. The Morgan fingerprint density at radius 2 is 1.67 bits per heavy atom. The second-order valence-corrected chi connectivity index (χ2v) is 7.75. The number of nitrogens with zero attached hydrogens (tertiary/aromatic N) is 1. The van der Waals surface area contributed by atoms with Crippen molar-refractivity contribution in [2.24, 2.45) is 5.92 Å². The summed E-state index contributed by atoms with van der Waals surface area (Å²) in [7, 11) is 0. The second kappa shape index (κ2) is 8.13. The van der Waals surface area contributed by atoms with Crippen molar-refractivity contribution in [3.63, 3.8) is 0 Å². The molecule has 2 aromatic rings. The molecule has 0 spiro atoms. The maximum Gasteiger partial charge on any atom is 0.253 e. The fourth-order valence-corrected chi connectivity index (χ4v) is 3.63. The van der Waals surface area contributed by atoms with E-state index >= 15 is 0 Å². The number of carbonyl (C=O) groups is 2. The molecule has 142 valence electrons. The SMILES string of the molecule is Cc1ccc(C(=O)N2CCC(C(=O)Nc3ccc(Cl)cc3C)CC2)cc1C. The molecule has 0 atom stereocenters. The summed E-state index contributed by atoms with van der Waals surface area (Å²) in [4.78, 5) is 27.2. The maximum atomic E-state index is 12.7. The second-order valence-electron chi connectivity index (χ2n) is 7.31. The largest absolute Gasteiger partial charge is 0.339 e. The summed E-state index contributed by atoms with van der Waals surface area (Å²) in [5.41, 5.74) is 4.75. The zero-order valence-electron chi connectivity index (χ0n) is 16.0. The zero-order chi connectivity index (χ0) is 19.6. The molecule has 1 N–H and O–H groups in total. The minimum atomic E-state index is -0.0797. The highest BCUT2D eigenvalue weighted by Gasteiger charge is 2.28. The fraction of sp³-hybridized carbons (Fsp3) is 0.364. The molecule has 2 amide bonds. The van der Waals surface area contributed by atoms with E-state index < -0.39 is 0 Å². The molecule has 1 aliphatic rings. The summed E-state index contributed by atoms with van der Waals surface area (Å²) >= 11 is 5.97. The van der Waals surface area contributed by atoms with Crippen molar-refractivity contribution < 1.29 is 9.59 Å². The Morgan fingerprint density at radius 3 is 2.30 bits per heavy atom. The number of aryl methyl sites for hydroxylation is 3. The molecule has 1 saturated heterocycles. The summed E-state index contributed by atoms with van der Waals surface area (Å²) in [5, 5.41) is 3.65. The minimum Gasteiger partial charge on any atom is -0.339 e. The van der Waals surface area contributed by atoms with Crippen LogP contribution in [0.1, 0.15) is 39.9 Å². The minimum absolute atomic E-state index is 0.0127. The van der Waals surface area contributed by atoms with Crippen molar-refractivity contribution in [3.05, 3.63) is 63.7 Å². The smallest absolute Gasteiger partial charge is 0.253 e. The van der Waals surface area contributed by atoms with Crippen LogP contribution in [0.3, 0.4) is 0 Å². The molecule has 0 unspecified atom stereocenters. The molecule has 0 saturated carbocycles. The van der Waals surface area contributed by atoms with Crippen LogP contribution in [-0.4, -0.2) is 29.8 Å². The highest BCUT2D eigenvalue weighted by atomic mass is 35.5. The first kappa shape index (κ1) is 19.4. The topological polar surface area (TPSA) is 49.4 Å². The van der Waals surface area contributed by atoms with Crippen LogP contribution >= 0.6 is 11.6 Å². The van der Waals surface area contributed by atoms with Gasteiger partial charge in [-0.2, -0.15) is 0 Å². The molecule has 1 aliphatic heterocycles. The number of likely N-dealkylation sites (tertiary alicyclic amines) is 1. The molecule has 1 fully saturated rings. The van der Waals surface area contributed by atoms with Crippen LogP contribution in [0.25, 0.3) is 0 Å². The third-order valence-electron chi connectivity index (χ3n) is 5.35. The van der Waals surface area contributed by atoms with E-state index in [1.165, 1.54) is 5.56 Å². The van der Waals surface area contributed by atoms with Gasteiger partial charge in [0.15, 0.2) is 0 Å². The van der Waals surface area contributed by atoms with Gasteiger partial charge >= 0.3 is 0 Å². The average molecular weight is 385 g/mol. The molecular weight excluding hydrogens is 360 g/mol. The lowest BCUT2D eigenvalue weighted by atomic mass is 9.95. The van der Waals surface area contributed by atoms with Gasteiger partial charge in [0, 0.05) is 35.3 Å². The molecule has 0 aromatic heterocycles. The summed E-state index contributed by atoms with van der Waals surface area (Å²) in [6.45, 7) is 7.18. The quantitative estimate of drug-likeness (QED) is 0.829. The Bertz CT molecular complexity index is 871. The van der Waals surface area contributed by atoms with Crippen LogP contribution in [0, 0.1) is 26.7 Å². The van der Waals surface area contributed by atoms with Crippen LogP contribution in [0.4, 0.5) is 5.69 Å². The van der Waals surface area contributed by atoms with Gasteiger partial charge in [-0.25, -0.2) is 0 Å². The van der Waals surface area contributed by atoms with Crippen LogP contribution in [0.2, 0.25) is 5.02 Å². The fourth-order valence-electron chi connectivity index (χ4n) is 3.40. The van der Waals surface area contributed by atoms with E-state index in [0.29, 0.717) is 31.0 Å². The van der Waals surface area contributed by atoms with Crippen molar-refractivity contribution in [1.29, 1.82) is 0 Å². The molecule has 1 heterocycles. The van der Waals surface area contributed by atoms with Gasteiger partial charge in [0.1, 0.15) is 0 Å². The lowest BCUT2D eigenvalue weighted by Crippen LogP contribution is -2.41. The first-order chi connectivity index (χ1) is 12.8. The van der Waals surface area contributed by atoms with E-state index in [1.54, 1.807) is 6.07 Å².